The van der Waals surface area contributed by atoms with Crippen molar-refractivity contribution < 1.29 is 52.4 Å². The molecule has 5 heteroatoms. The number of rotatable bonds is 0. The minimum atomic E-state index is 0. The summed E-state index contributed by atoms with van der Waals surface area (Å²) in [5.74, 6) is 0. The monoisotopic (exact) mass is 377 g/mol. The second kappa shape index (κ2) is 44.4. The second-order valence-electron chi connectivity index (χ2n) is 2.30. The van der Waals surface area contributed by atoms with Gasteiger partial charge in [0.15, 0.2) is 0 Å². The van der Waals surface area contributed by atoms with Crippen LogP contribution >= 0.6 is 0 Å². The minimum absolute atomic E-state index is 0. The maximum Gasteiger partial charge on any atom is 4.00 e. The number of hydrogen-bond donors (Lipinski definition) is 0. The molecular weight excluding hydrogens is 357 g/mol. The Morgan fingerprint density at radius 3 is 0.938 bits per heavy atom. The molecule has 1 aromatic carbocycles. The summed E-state index contributed by atoms with van der Waals surface area (Å²) in [6.45, 7) is 0. The molecule has 3 nitrogen and oxygen atoms in total. The zero-order valence-corrected chi connectivity index (χ0v) is 16.1. The van der Waals surface area contributed by atoms with E-state index in [0.29, 0.717) is 0 Å². The molecule has 0 aliphatic heterocycles. The molecule has 0 heterocycles. The standard InChI is InChI=1S/C5H5.3C2H6N.2Zr/c1-2-4-5-3-1;3*1-3-2;;/h1-5H;3*1-2H3;;/q4*-1;;+4. The average molecular weight is 380 g/mol. The molecule has 1 rings (SSSR count). The molecule has 0 amide bonds. The fourth-order valence-corrected chi connectivity index (χ4v) is 0.321. The van der Waals surface area contributed by atoms with Crippen LogP contribution in [-0.2, 0) is 52.4 Å². The first-order chi connectivity index (χ1) is 6.74. The van der Waals surface area contributed by atoms with Crippen molar-refractivity contribution in [3.05, 3.63) is 46.3 Å². The predicted molar refractivity (Wildman–Crippen MR) is 67.7 cm³/mol. The van der Waals surface area contributed by atoms with Crippen molar-refractivity contribution in [2.45, 2.75) is 0 Å². The SMILES string of the molecule is C[N-]C.C[N-]C.C[N-]C.[Zr+4].[Zr].c1cc[cH-]c1. The largest absolute Gasteiger partial charge is 4.00 e. The molecule has 0 spiro atoms. The van der Waals surface area contributed by atoms with E-state index >= 15 is 0 Å². The van der Waals surface area contributed by atoms with Crippen molar-refractivity contribution in [1.29, 1.82) is 0 Å². The van der Waals surface area contributed by atoms with Gasteiger partial charge in [0.25, 0.3) is 0 Å². The summed E-state index contributed by atoms with van der Waals surface area (Å²) in [6, 6.07) is 10.0. The van der Waals surface area contributed by atoms with Gasteiger partial charge in [-0.05, 0) is 0 Å². The molecule has 0 aromatic heterocycles. The quantitative estimate of drug-likeness (QED) is 0.621. The summed E-state index contributed by atoms with van der Waals surface area (Å²) in [5, 5.41) is 10.5. The fraction of sp³-hybridized carbons (Fsp3) is 0.545. The van der Waals surface area contributed by atoms with Crippen molar-refractivity contribution in [3.8, 4) is 0 Å². The summed E-state index contributed by atoms with van der Waals surface area (Å²) in [7, 11) is 10.5. The fourth-order valence-electron chi connectivity index (χ4n) is 0.321. The van der Waals surface area contributed by atoms with Gasteiger partial charge < -0.3 is 16.0 Å². The van der Waals surface area contributed by atoms with Gasteiger partial charge in [-0.25, -0.2) is 12.1 Å². The number of hydrogen-bond acceptors (Lipinski definition) is 0. The van der Waals surface area contributed by atoms with Gasteiger partial charge in [-0.15, -0.1) is 0 Å². The van der Waals surface area contributed by atoms with Crippen molar-refractivity contribution in [3.63, 3.8) is 0 Å². The molecule has 0 saturated carbocycles. The molecule has 16 heavy (non-hydrogen) atoms. The molecule has 0 aliphatic carbocycles. The molecule has 0 saturated heterocycles. The van der Waals surface area contributed by atoms with Crippen LogP contribution in [0.15, 0.2) is 30.3 Å². The van der Waals surface area contributed by atoms with Gasteiger partial charge in [0.2, 0.25) is 0 Å². The zero-order chi connectivity index (χ0) is 11.7. The Labute approximate surface area is 140 Å². The van der Waals surface area contributed by atoms with Gasteiger partial charge in [-0.2, -0.15) is 60.5 Å². The van der Waals surface area contributed by atoms with E-state index < -0.39 is 0 Å². The minimum Gasteiger partial charge on any atom is -0.668 e. The van der Waals surface area contributed by atoms with E-state index in [4.69, 9.17) is 0 Å². The van der Waals surface area contributed by atoms with E-state index in [0.717, 1.165) is 0 Å². The first kappa shape index (κ1) is 30.2. The topological polar surface area (TPSA) is 42.3 Å². The predicted octanol–water partition coefficient (Wildman–Crippen LogP) is 3.26. The van der Waals surface area contributed by atoms with Gasteiger partial charge >= 0.3 is 26.2 Å². The zero-order valence-electron chi connectivity index (χ0n) is 11.2. The van der Waals surface area contributed by atoms with E-state index in [1.54, 1.807) is 42.3 Å². The molecule has 0 N–H and O–H groups in total. The molecule has 0 aliphatic rings. The Hall–Kier alpha value is 0.996. The molecule has 0 atom stereocenters. The van der Waals surface area contributed by atoms with E-state index in [1.807, 2.05) is 30.3 Å². The van der Waals surface area contributed by atoms with Crippen LogP contribution in [0.5, 0.6) is 0 Å². The molecular formula is C11H23N3Zr2. The smallest absolute Gasteiger partial charge is 0.668 e. The summed E-state index contributed by atoms with van der Waals surface area (Å²) >= 11 is 0. The molecule has 1 aromatic rings. The van der Waals surface area contributed by atoms with Crippen molar-refractivity contribution >= 4 is 0 Å². The maximum absolute atomic E-state index is 3.50. The molecule has 90 valence electrons. The average Bonchev–Trinajstić information content (AvgIpc) is 2.63. The Bertz CT molecular complexity index is 103. The van der Waals surface area contributed by atoms with Crippen LogP contribution in [0.25, 0.3) is 16.0 Å². The van der Waals surface area contributed by atoms with Crippen LogP contribution < -0.4 is 0 Å². The third-order valence-corrected chi connectivity index (χ3v) is 0.556. The van der Waals surface area contributed by atoms with Crippen LogP contribution in [0.3, 0.4) is 0 Å². The molecule has 0 unspecified atom stereocenters. The van der Waals surface area contributed by atoms with Gasteiger partial charge in [-0.1, -0.05) is 0 Å². The second-order valence-corrected chi connectivity index (χ2v) is 2.30. The summed E-state index contributed by atoms with van der Waals surface area (Å²) in [6.07, 6.45) is 0. The third-order valence-electron chi connectivity index (χ3n) is 0.556. The Morgan fingerprint density at radius 1 is 0.688 bits per heavy atom. The van der Waals surface area contributed by atoms with Gasteiger partial charge in [0, 0.05) is 26.2 Å². The first-order valence-corrected chi connectivity index (χ1v) is 4.35. The molecule has 0 radical (unpaired) electrons. The van der Waals surface area contributed by atoms with Crippen LogP contribution in [0.1, 0.15) is 0 Å². The van der Waals surface area contributed by atoms with E-state index in [1.165, 1.54) is 0 Å². The maximum atomic E-state index is 3.50. The molecule has 0 fully saturated rings. The van der Waals surface area contributed by atoms with Gasteiger partial charge in [0.1, 0.15) is 0 Å². The Balaban J connectivity index is -0.0000000336. The third kappa shape index (κ3) is 81.7. The summed E-state index contributed by atoms with van der Waals surface area (Å²) in [5.41, 5.74) is 0. The Morgan fingerprint density at radius 2 is 0.875 bits per heavy atom. The normalized spacial score (nSPS) is 5.88. The van der Waals surface area contributed by atoms with E-state index in [9.17, 15) is 0 Å². The van der Waals surface area contributed by atoms with Gasteiger partial charge in [0.05, 0.1) is 0 Å². The number of nitrogens with zero attached hydrogens (tertiary/aromatic N) is 3. The molecule has 0 bridgehead atoms. The Kier molecular flexibility index (Phi) is 84.0. The van der Waals surface area contributed by atoms with Crippen molar-refractivity contribution in [2.24, 2.45) is 0 Å². The van der Waals surface area contributed by atoms with Crippen molar-refractivity contribution in [2.75, 3.05) is 42.3 Å². The van der Waals surface area contributed by atoms with E-state index in [2.05, 4.69) is 16.0 Å². The van der Waals surface area contributed by atoms with Crippen LogP contribution in [0.4, 0.5) is 0 Å². The van der Waals surface area contributed by atoms with Crippen LogP contribution in [0.2, 0.25) is 0 Å². The summed E-state index contributed by atoms with van der Waals surface area (Å²) in [4.78, 5) is 0. The summed E-state index contributed by atoms with van der Waals surface area (Å²) < 4.78 is 0. The first-order valence-electron chi connectivity index (χ1n) is 4.35. The van der Waals surface area contributed by atoms with Crippen LogP contribution in [0, 0.1) is 0 Å². The van der Waals surface area contributed by atoms with Crippen molar-refractivity contribution in [1.82, 2.24) is 0 Å². The van der Waals surface area contributed by atoms with Crippen LogP contribution in [-0.4, -0.2) is 42.3 Å². The van der Waals surface area contributed by atoms with E-state index in [-0.39, 0.29) is 52.4 Å². The van der Waals surface area contributed by atoms with Gasteiger partial charge in [-0.3, -0.25) is 0 Å².